The fourth-order valence-corrected chi connectivity index (χ4v) is 14.0. The van der Waals surface area contributed by atoms with E-state index in [4.69, 9.17) is 33.2 Å². The molecule has 4 rings (SSSR count). The average Bonchev–Trinajstić information content (AvgIpc) is 3.54. The molecular weight excluding hydrogens is 1260 g/mol. The highest BCUT2D eigenvalue weighted by Gasteiger charge is 2.33. The van der Waals surface area contributed by atoms with Gasteiger partial charge in [0.1, 0.15) is 50.3 Å². The first-order valence-corrected chi connectivity index (χ1v) is 32.2. The molecule has 4 unspecified atom stereocenters. The van der Waals surface area contributed by atoms with Crippen LogP contribution in [-0.4, -0.2) is 122 Å². The van der Waals surface area contributed by atoms with Crippen molar-refractivity contribution in [2.24, 2.45) is 0 Å². The summed E-state index contributed by atoms with van der Waals surface area (Å²) in [6.07, 6.45) is 4.37. The molecule has 4 aromatic rings. The first-order chi connectivity index (χ1) is 38.4. The summed E-state index contributed by atoms with van der Waals surface area (Å²) in [4.78, 5) is -1.48. The lowest BCUT2D eigenvalue weighted by atomic mass is 9.88. The van der Waals surface area contributed by atoms with Gasteiger partial charge in [0.05, 0.1) is 59.6 Å². The molecule has 27 heteroatoms. The van der Waals surface area contributed by atoms with Crippen LogP contribution in [0.1, 0.15) is 212 Å². The number of hydrogen-bond acceptors (Lipinski definition) is 23. The number of aromatic hydroxyl groups is 4. The Morgan fingerprint density at radius 3 is 0.923 bits per heavy atom. The fourth-order valence-electron chi connectivity index (χ4n) is 9.77. The maximum Gasteiger partial charge on any atom is 0.204 e. The number of phenolic OH excluding ortho intramolecular Hbond substituents is 4. The molecule has 530 valence electrons. The molecule has 23 nitrogen and oxygen atoms in total. The average molecular weight is 1380 g/mol. The molecule has 4 atom stereocenters. The molecule has 0 amide bonds. The summed E-state index contributed by atoms with van der Waals surface area (Å²) in [6, 6.07) is 0. The zero-order valence-corrected chi connectivity index (χ0v) is 58.4. The van der Waals surface area contributed by atoms with Crippen molar-refractivity contribution in [3.05, 3.63) is 79.8 Å². The van der Waals surface area contributed by atoms with Crippen LogP contribution in [-0.2, 0) is 59.7 Å². The predicted molar refractivity (Wildman–Crippen MR) is 360 cm³/mol. The van der Waals surface area contributed by atoms with Gasteiger partial charge in [-0.3, -0.25) is 0 Å². The van der Waals surface area contributed by atoms with E-state index in [-0.39, 0.29) is 178 Å². The van der Waals surface area contributed by atoms with Crippen molar-refractivity contribution in [1.82, 2.24) is 0 Å². The van der Waals surface area contributed by atoms with Gasteiger partial charge in [-0.15, -0.1) is 0 Å². The van der Waals surface area contributed by atoms with Crippen LogP contribution in [0.25, 0.3) is 0 Å². The summed E-state index contributed by atoms with van der Waals surface area (Å²) in [5, 5.41) is 41.1. The number of rotatable bonds is 23. The molecule has 4 N–H and O–H groups in total. The second kappa shape index (κ2) is 42.1. The van der Waals surface area contributed by atoms with Crippen LogP contribution < -0.4 is 33.2 Å². The molecule has 0 bridgehead atoms. The Balaban J connectivity index is -0.000000164. The van der Waals surface area contributed by atoms with E-state index in [0.717, 1.165) is 6.42 Å². The van der Waals surface area contributed by atoms with Crippen LogP contribution in [0.2, 0.25) is 0 Å². The summed E-state index contributed by atoms with van der Waals surface area (Å²) in [5.41, 5.74) is 2.82. The smallest absolute Gasteiger partial charge is 0.204 e. The third-order valence-electron chi connectivity index (χ3n) is 14.4. The van der Waals surface area contributed by atoms with Crippen molar-refractivity contribution in [3.8, 4) is 63.2 Å². The van der Waals surface area contributed by atoms with Crippen molar-refractivity contribution in [1.29, 1.82) is 0 Å². The SMILES string of the molecule is C.C.C.C.CCC(C)c1c(C)c(O)c(OC)c(OC)c1S(=O)(=O)[O-].CCC(C)c1c(OC)c(O)c(OC)c(C)c1S(=O)(=O)[O-].CCCc1c(O)c(OC)c(CC)c(S(=O)(=O)[O-])c1C(C)CC.CCc1c(O)c(OC)c(OC)c(S(=O)(=O)[O-])c1C(C)CC.[CH3+].[CH3+].[CH3+].[CH3+]. The van der Waals surface area contributed by atoms with Gasteiger partial charge in [0.15, 0.2) is 46.0 Å². The zero-order chi connectivity index (χ0) is 64.8. The Hall–Kier alpha value is -6.20. The van der Waals surface area contributed by atoms with Crippen LogP contribution in [0, 0.1) is 43.6 Å². The molecule has 0 saturated heterocycles. The molecule has 0 aliphatic rings. The first-order valence-electron chi connectivity index (χ1n) is 26.6. The normalized spacial score (nSPS) is 12.0. The minimum Gasteiger partial charge on any atom is -0.744 e. The molecular formula is C64H112O23S4. The molecule has 0 heterocycles. The second-order valence-corrected chi connectivity index (χ2v) is 24.6. The quantitative estimate of drug-likeness (QED) is 0.0396. The van der Waals surface area contributed by atoms with E-state index >= 15 is 0 Å². The lowest BCUT2D eigenvalue weighted by molar-refractivity contribution is 0.320. The van der Waals surface area contributed by atoms with Crippen LogP contribution in [0.3, 0.4) is 0 Å². The van der Waals surface area contributed by atoms with E-state index in [0.29, 0.717) is 72.8 Å². The number of benzene rings is 4. The third kappa shape index (κ3) is 22.2. The molecule has 0 aliphatic carbocycles. The predicted octanol–water partition coefficient (Wildman–Crippen LogP) is 14.3. The van der Waals surface area contributed by atoms with E-state index in [1.807, 2.05) is 41.5 Å². The molecule has 0 spiro atoms. The van der Waals surface area contributed by atoms with Crippen molar-refractivity contribution >= 4 is 40.5 Å². The third-order valence-corrected chi connectivity index (χ3v) is 18.2. The van der Waals surface area contributed by atoms with Gasteiger partial charge in [-0.25, -0.2) is 33.7 Å². The highest BCUT2D eigenvalue weighted by atomic mass is 32.2. The fraction of sp³-hybridized carbons (Fsp3) is 0.562. The summed E-state index contributed by atoms with van der Waals surface area (Å²) >= 11 is 0. The number of ether oxygens (including phenoxy) is 7. The number of methoxy groups -OCH3 is 7. The van der Waals surface area contributed by atoms with Crippen LogP contribution in [0.5, 0.6) is 63.2 Å². The van der Waals surface area contributed by atoms with Crippen molar-refractivity contribution in [2.45, 2.75) is 214 Å². The largest absolute Gasteiger partial charge is 0.744 e. The highest BCUT2D eigenvalue weighted by molar-refractivity contribution is 7.86. The monoisotopic (exact) mass is 1380 g/mol. The van der Waals surface area contributed by atoms with Crippen molar-refractivity contribution in [3.63, 3.8) is 0 Å². The topological polar surface area (TPSA) is 374 Å². The summed E-state index contributed by atoms with van der Waals surface area (Å²) in [5.74, 6) is -2.33. The van der Waals surface area contributed by atoms with E-state index in [9.17, 15) is 72.3 Å². The van der Waals surface area contributed by atoms with Crippen molar-refractivity contribution < 1.29 is 105 Å². The molecule has 4 aromatic carbocycles. The highest BCUT2D eigenvalue weighted by Crippen LogP contribution is 2.52. The molecule has 0 fully saturated rings. The Morgan fingerprint density at radius 2 is 0.626 bits per heavy atom. The standard InChI is InChI=1S/C16H26O5S.C14H22O6S.2C13H20O6S.4CH4.4CH3/c1-6-9-12-13(10(4)7-2)16(22(18,19)20)11(8-3)15(21-5)14(12)17;1-6-8(3)10-9(7-2)11(15)12(19-4)13(20-5)14(10)21(16,17)18;1-6-7(2)9-12(19-5)10(14)11(18-4)8(3)13(9)20(15,16)17;1-6-7(2)9-8(3)10(14)11(18-4)12(19-5)13(9)20(15,16)17;;;;;;;;/h10,17H,6-9H2,1-5H3,(H,18,19,20);8,15H,6-7H2,1-5H3,(H,16,17,18);2*7,14H,6H2,1-5H3,(H,15,16,17);4*1H4;4*1H3/q;;;;;;;;4*+1/p-4. The second-order valence-electron chi connectivity index (χ2n) is 19.3. The van der Waals surface area contributed by atoms with Gasteiger partial charge in [0.2, 0.25) is 17.2 Å². The van der Waals surface area contributed by atoms with Gasteiger partial charge in [-0.1, -0.05) is 112 Å². The number of phenols is 4. The van der Waals surface area contributed by atoms with Gasteiger partial charge >= 0.3 is 0 Å². The number of hydrogen-bond donors (Lipinski definition) is 4. The van der Waals surface area contributed by atoms with Gasteiger partial charge in [-0.05, 0) is 105 Å². The molecule has 0 saturated carbocycles. The Morgan fingerprint density at radius 1 is 0.341 bits per heavy atom. The van der Waals surface area contributed by atoms with Gasteiger partial charge in [0.25, 0.3) is 0 Å². The molecule has 0 radical (unpaired) electrons. The summed E-state index contributed by atoms with van der Waals surface area (Å²) in [7, 11) is -9.98. The first kappa shape index (κ1) is 101. The van der Waals surface area contributed by atoms with Gasteiger partial charge in [-0.2, -0.15) is 0 Å². The maximum atomic E-state index is 11.9. The van der Waals surface area contributed by atoms with Gasteiger partial charge < -0.3 is 71.8 Å². The van der Waals surface area contributed by atoms with E-state index < -0.39 is 50.3 Å². The Bertz CT molecular complexity index is 3360. The molecule has 0 aromatic heterocycles. The van der Waals surface area contributed by atoms with Gasteiger partial charge in [0, 0.05) is 57.5 Å². The lowest BCUT2D eigenvalue weighted by Crippen LogP contribution is -2.14. The summed E-state index contributed by atoms with van der Waals surface area (Å²) < 4.78 is 176. The molecule has 0 aliphatic heterocycles. The Labute approximate surface area is 550 Å². The van der Waals surface area contributed by atoms with E-state index in [2.05, 4.69) is 0 Å². The van der Waals surface area contributed by atoms with E-state index in [1.54, 1.807) is 41.5 Å². The molecule has 91 heavy (non-hydrogen) atoms. The zero-order valence-electron chi connectivity index (χ0n) is 55.1. The van der Waals surface area contributed by atoms with E-state index in [1.165, 1.54) is 56.7 Å². The maximum absolute atomic E-state index is 11.9. The van der Waals surface area contributed by atoms with Crippen LogP contribution in [0.4, 0.5) is 0 Å². The van der Waals surface area contributed by atoms with Crippen LogP contribution >= 0.6 is 0 Å². The van der Waals surface area contributed by atoms with Crippen molar-refractivity contribution in [2.75, 3.05) is 49.8 Å². The summed E-state index contributed by atoms with van der Waals surface area (Å²) in [6.45, 7) is 23.1. The minimum atomic E-state index is -4.78. The lowest BCUT2D eigenvalue weighted by Gasteiger charge is -2.27. The Kier molecular flexibility index (Phi) is 46.7. The van der Waals surface area contributed by atoms with Crippen LogP contribution in [0.15, 0.2) is 19.6 Å². The minimum absolute atomic E-state index is 0.